The molecule has 104 valence electrons. The Morgan fingerprint density at radius 3 is 3.00 bits per heavy atom. The highest BCUT2D eigenvalue weighted by Crippen LogP contribution is 2.32. The number of amides is 1. The number of likely N-dealkylation sites (tertiary alicyclic amines) is 1. The van der Waals surface area contributed by atoms with Crippen molar-refractivity contribution in [2.24, 2.45) is 0 Å². The number of nitrogens with one attached hydrogen (secondary N) is 1. The van der Waals surface area contributed by atoms with Gasteiger partial charge in [-0.2, -0.15) is 0 Å². The Morgan fingerprint density at radius 2 is 2.32 bits per heavy atom. The standard InChI is InChI=1S/C14H19BrN2O2/c1-9(13-7-11(15)3-4-14(13)19)17-6-5-12(8-17)16-10(2)18/h3-4,7,9,12,19H,5-6,8H2,1-2H3,(H,16,18). The van der Waals surface area contributed by atoms with Gasteiger partial charge in [0.25, 0.3) is 0 Å². The van der Waals surface area contributed by atoms with Crippen molar-refractivity contribution in [2.45, 2.75) is 32.4 Å². The summed E-state index contributed by atoms with van der Waals surface area (Å²) in [5.41, 5.74) is 0.915. The van der Waals surface area contributed by atoms with Crippen LogP contribution in [0.15, 0.2) is 22.7 Å². The second-order valence-corrected chi connectivity index (χ2v) is 5.98. The first kappa shape index (κ1) is 14.3. The Morgan fingerprint density at radius 1 is 1.58 bits per heavy atom. The van der Waals surface area contributed by atoms with Crippen LogP contribution in [-0.2, 0) is 4.79 Å². The van der Waals surface area contributed by atoms with Crippen molar-refractivity contribution < 1.29 is 9.90 Å². The van der Waals surface area contributed by atoms with Crippen LogP contribution in [-0.4, -0.2) is 35.0 Å². The van der Waals surface area contributed by atoms with Crippen LogP contribution in [0, 0.1) is 0 Å². The number of rotatable bonds is 3. The molecule has 0 aromatic heterocycles. The number of carbonyl (C=O) groups is 1. The molecule has 4 nitrogen and oxygen atoms in total. The van der Waals surface area contributed by atoms with Crippen LogP contribution in [0.25, 0.3) is 0 Å². The van der Waals surface area contributed by atoms with Crippen LogP contribution in [0.3, 0.4) is 0 Å². The number of hydrogen-bond acceptors (Lipinski definition) is 3. The third-order valence-electron chi connectivity index (χ3n) is 3.61. The summed E-state index contributed by atoms with van der Waals surface area (Å²) in [6.07, 6.45) is 0.957. The molecule has 0 saturated carbocycles. The number of nitrogens with zero attached hydrogens (tertiary/aromatic N) is 1. The fourth-order valence-corrected chi connectivity index (χ4v) is 2.98. The van der Waals surface area contributed by atoms with E-state index in [1.807, 2.05) is 12.1 Å². The van der Waals surface area contributed by atoms with Crippen molar-refractivity contribution >= 4 is 21.8 Å². The van der Waals surface area contributed by atoms with Gasteiger partial charge in [-0.1, -0.05) is 15.9 Å². The molecule has 0 spiro atoms. The molecular weight excluding hydrogens is 308 g/mol. The topological polar surface area (TPSA) is 52.6 Å². The number of phenols is 1. The van der Waals surface area contributed by atoms with Crippen molar-refractivity contribution in [3.05, 3.63) is 28.2 Å². The average molecular weight is 327 g/mol. The van der Waals surface area contributed by atoms with Gasteiger partial charge in [-0.25, -0.2) is 0 Å². The molecule has 1 aliphatic heterocycles. The quantitative estimate of drug-likeness (QED) is 0.896. The van der Waals surface area contributed by atoms with Crippen LogP contribution in [0.5, 0.6) is 5.75 Å². The minimum absolute atomic E-state index is 0.0183. The van der Waals surface area contributed by atoms with Crippen LogP contribution in [0.4, 0.5) is 0 Å². The lowest BCUT2D eigenvalue weighted by molar-refractivity contribution is -0.119. The van der Waals surface area contributed by atoms with Gasteiger partial charge in [-0.3, -0.25) is 9.69 Å². The van der Waals surface area contributed by atoms with Crippen molar-refractivity contribution in [2.75, 3.05) is 13.1 Å². The highest BCUT2D eigenvalue weighted by Gasteiger charge is 2.28. The molecule has 2 unspecified atom stereocenters. The Bertz CT molecular complexity index is 479. The van der Waals surface area contributed by atoms with E-state index >= 15 is 0 Å². The Balaban J connectivity index is 2.06. The van der Waals surface area contributed by atoms with E-state index in [2.05, 4.69) is 33.1 Å². The van der Waals surface area contributed by atoms with E-state index in [9.17, 15) is 9.90 Å². The first-order valence-electron chi connectivity index (χ1n) is 6.47. The van der Waals surface area contributed by atoms with Gasteiger partial charge in [0.15, 0.2) is 0 Å². The number of carbonyl (C=O) groups excluding carboxylic acids is 1. The highest BCUT2D eigenvalue weighted by molar-refractivity contribution is 9.10. The zero-order chi connectivity index (χ0) is 14.0. The molecule has 2 atom stereocenters. The number of hydrogen-bond donors (Lipinski definition) is 2. The predicted molar refractivity (Wildman–Crippen MR) is 78.0 cm³/mol. The van der Waals surface area contributed by atoms with E-state index in [1.54, 1.807) is 13.0 Å². The van der Waals surface area contributed by atoms with Gasteiger partial charge in [-0.05, 0) is 31.5 Å². The summed E-state index contributed by atoms with van der Waals surface area (Å²) in [5.74, 6) is 0.337. The Hall–Kier alpha value is -1.07. The van der Waals surface area contributed by atoms with E-state index in [1.165, 1.54) is 0 Å². The zero-order valence-corrected chi connectivity index (χ0v) is 12.8. The molecule has 1 saturated heterocycles. The fraction of sp³-hybridized carbons (Fsp3) is 0.500. The van der Waals surface area contributed by atoms with Crippen molar-refractivity contribution in [1.82, 2.24) is 10.2 Å². The SMILES string of the molecule is CC(=O)NC1CCN(C(C)c2cc(Br)ccc2O)C1. The van der Waals surface area contributed by atoms with E-state index in [-0.39, 0.29) is 18.0 Å². The number of benzene rings is 1. The molecule has 1 aromatic rings. The molecule has 1 fully saturated rings. The minimum atomic E-state index is 0.0183. The zero-order valence-electron chi connectivity index (χ0n) is 11.2. The van der Waals surface area contributed by atoms with Gasteiger partial charge in [0.05, 0.1) is 0 Å². The van der Waals surface area contributed by atoms with E-state index in [0.717, 1.165) is 29.5 Å². The number of aromatic hydroxyl groups is 1. The maximum atomic E-state index is 11.1. The van der Waals surface area contributed by atoms with Gasteiger partial charge in [-0.15, -0.1) is 0 Å². The minimum Gasteiger partial charge on any atom is -0.508 e. The van der Waals surface area contributed by atoms with E-state index < -0.39 is 0 Å². The Labute approximate surface area is 121 Å². The summed E-state index contributed by atoms with van der Waals surface area (Å²) >= 11 is 3.43. The lowest BCUT2D eigenvalue weighted by atomic mass is 10.1. The predicted octanol–water partition coefficient (Wildman–Crippen LogP) is 2.43. The first-order valence-corrected chi connectivity index (χ1v) is 7.26. The third kappa shape index (κ3) is 3.48. The van der Waals surface area contributed by atoms with E-state index in [0.29, 0.717) is 5.75 Å². The molecule has 1 aliphatic rings. The Kier molecular flexibility index (Phi) is 4.47. The molecule has 0 bridgehead atoms. The van der Waals surface area contributed by atoms with Gasteiger partial charge >= 0.3 is 0 Å². The van der Waals surface area contributed by atoms with Gasteiger partial charge in [0.1, 0.15) is 5.75 Å². The summed E-state index contributed by atoms with van der Waals surface area (Å²) < 4.78 is 0.963. The lowest BCUT2D eigenvalue weighted by Gasteiger charge is -2.25. The summed E-state index contributed by atoms with van der Waals surface area (Å²) in [6.45, 7) is 5.38. The molecule has 19 heavy (non-hydrogen) atoms. The second kappa shape index (κ2) is 5.92. The highest BCUT2D eigenvalue weighted by atomic mass is 79.9. The van der Waals surface area contributed by atoms with Crippen LogP contribution in [0.2, 0.25) is 0 Å². The van der Waals surface area contributed by atoms with Crippen LogP contribution in [0.1, 0.15) is 31.9 Å². The monoisotopic (exact) mass is 326 g/mol. The molecule has 1 amide bonds. The number of phenolic OH excluding ortho intramolecular Hbond substituents is 1. The normalized spacial score (nSPS) is 21.3. The molecule has 1 aromatic carbocycles. The van der Waals surface area contributed by atoms with Gasteiger partial charge < -0.3 is 10.4 Å². The molecule has 0 radical (unpaired) electrons. The summed E-state index contributed by atoms with van der Waals surface area (Å²) in [6, 6.07) is 5.84. The summed E-state index contributed by atoms with van der Waals surface area (Å²) in [5, 5.41) is 12.9. The van der Waals surface area contributed by atoms with Crippen LogP contribution >= 0.6 is 15.9 Å². The van der Waals surface area contributed by atoms with Crippen LogP contribution < -0.4 is 5.32 Å². The molecular formula is C14H19BrN2O2. The van der Waals surface area contributed by atoms with Crippen molar-refractivity contribution in [3.63, 3.8) is 0 Å². The molecule has 0 aliphatic carbocycles. The van der Waals surface area contributed by atoms with Crippen molar-refractivity contribution in [1.29, 1.82) is 0 Å². The molecule has 1 heterocycles. The smallest absolute Gasteiger partial charge is 0.217 e. The average Bonchev–Trinajstić information content (AvgIpc) is 2.79. The largest absolute Gasteiger partial charge is 0.508 e. The molecule has 2 rings (SSSR count). The fourth-order valence-electron chi connectivity index (χ4n) is 2.60. The maximum absolute atomic E-state index is 11.1. The summed E-state index contributed by atoms with van der Waals surface area (Å²) in [4.78, 5) is 13.3. The van der Waals surface area contributed by atoms with Gasteiger partial charge in [0.2, 0.25) is 5.91 Å². The third-order valence-corrected chi connectivity index (χ3v) is 4.11. The first-order chi connectivity index (χ1) is 8.97. The summed E-state index contributed by atoms with van der Waals surface area (Å²) in [7, 11) is 0. The lowest BCUT2D eigenvalue weighted by Crippen LogP contribution is -2.36. The second-order valence-electron chi connectivity index (χ2n) is 5.06. The number of halogens is 1. The van der Waals surface area contributed by atoms with Gasteiger partial charge in [0, 0.05) is 42.1 Å². The molecule has 2 N–H and O–H groups in total. The molecule has 5 heteroatoms. The maximum Gasteiger partial charge on any atom is 0.217 e. The van der Waals surface area contributed by atoms with Crippen molar-refractivity contribution in [3.8, 4) is 5.75 Å². The van der Waals surface area contributed by atoms with E-state index in [4.69, 9.17) is 0 Å².